The number of isocyanates is 1. The minimum absolute atomic E-state index is 0.320. The Kier molecular flexibility index (Phi) is 4.04. The smallest absolute Gasteiger partial charge is 0.211 e. The van der Waals surface area contributed by atoms with Crippen molar-refractivity contribution in [2.45, 2.75) is 51.0 Å². The third-order valence-corrected chi connectivity index (χ3v) is 4.54. The molecule has 2 nitrogen and oxygen atoms in total. The lowest BCUT2D eigenvalue weighted by Crippen LogP contribution is -2.19. The van der Waals surface area contributed by atoms with Crippen molar-refractivity contribution in [1.29, 1.82) is 0 Å². The fourth-order valence-corrected chi connectivity index (χ4v) is 3.63. The van der Waals surface area contributed by atoms with Crippen LogP contribution in [-0.4, -0.2) is 6.08 Å². The predicted octanol–water partition coefficient (Wildman–Crippen LogP) is 4.68. The zero-order valence-corrected chi connectivity index (χ0v) is 12.5. The van der Waals surface area contributed by atoms with Gasteiger partial charge in [0.15, 0.2) is 0 Å². The molecule has 0 atom stereocenters. The third kappa shape index (κ3) is 2.43. The van der Waals surface area contributed by atoms with Crippen molar-refractivity contribution < 1.29 is 4.79 Å². The van der Waals surface area contributed by atoms with Gasteiger partial charge in [-0.15, -0.1) is 0 Å². The van der Waals surface area contributed by atoms with E-state index in [-0.39, 0.29) is 5.54 Å². The van der Waals surface area contributed by atoms with Crippen LogP contribution in [0.1, 0.15) is 56.6 Å². The molecule has 0 amide bonds. The van der Waals surface area contributed by atoms with Gasteiger partial charge in [0.25, 0.3) is 0 Å². The van der Waals surface area contributed by atoms with Crippen molar-refractivity contribution >= 4 is 22.0 Å². The van der Waals surface area contributed by atoms with Gasteiger partial charge in [0.2, 0.25) is 6.08 Å². The first-order chi connectivity index (χ1) is 8.59. The molecule has 0 aliphatic heterocycles. The van der Waals surface area contributed by atoms with E-state index in [2.05, 4.69) is 53.0 Å². The van der Waals surface area contributed by atoms with E-state index in [1.165, 1.54) is 5.56 Å². The van der Waals surface area contributed by atoms with E-state index >= 15 is 0 Å². The Labute approximate surface area is 117 Å². The summed E-state index contributed by atoms with van der Waals surface area (Å²) >= 11 is 3.63. The summed E-state index contributed by atoms with van der Waals surface area (Å²) in [5, 5.41) is 0. The minimum Gasteiger partial charge on any atom is -0.211 e. The van der Waals surface area contributed by atoms with Crippen LogP contribution in [0, 0.1) is 0 Å². The number of hydrogen-bond acceptors (Lipinski definition) is 2. The van der Waals surface area contributed by atoms with Crippen molar-refractivity contribution in [2.24, 2.45) is 4.99 Å². The van der Waals surface area contributed by atoms with Gasteiger partial charge < -0.3 is 0 Å². The van der Waals surface area contributed by atoms with Gasteiger partial charge in [0.1, 0.15) is 0 Å². The summed E-state index contributed by atoms with van der Waals surface area (Å²) in [5.41, 5.74) is 2.11. The van der Waals surface area contributed by atoms with Gasteiger partial charge in [-0.3, -0.25) is 0 Å². The van der Waals surface area contributed by atoms with Crippen molar-refractivity contribution in [3.05, 3.63) is 33.8 Å². The molecular weight excluding hydrogens is 290 g/mol. The van der Waals surface area contributed by atoms with Crippen molar-refractivity contribution in [3.8, 4) is 0 Å². The van der Waals surface area contributed by atoms with E-state index in [4.69, 9.17) is 0 Å². The zero-order chi connectivity index (χ0) is 13.2. The lowest BCUT2D eigenvalue weighted by molar-refractivity contribution is 0.455. The maximum Gasteiger partial charge on any atom is 0.235 e. The van der Waals surface area contributed by atoms with Gasteiger partial charge in [-0.05, 0) is 36.0 Å². The number of hydrogen-bond donors (Lipinski definition) is 0. The number of benzene rings is 1. The molecule has 1 aromatic rings. The quantitative estimate of drug-likeness (QED) is 0.589. The van der Waals surface area contributed by atoms with Gasteiger partial charge in [0, 0.05) is 4.47 Å². The summed E-state index contributed by atoms with van der Waals surface area (Å²) in [6.45, 7) is 4.35. The Morgan fingerprint density at radius 3 is 2.50 bits per heavy atom. The van der Waals surface area contributed by atoms with Gasteiger partial charge in [-0.2, -0.15) is 4.99 Å². The normalized spacial score (nSPS) is 17.8. The van der Waals surface area contributed by atoms with Crippen molar-refractivity contribution in [1.82, 2.24) is 0 Å². The SMILES string of the molecule is CC(C)c1ccc(C2(N=C=O)CCCC2)cc1Br. The second-order valence-electron chi connectivity index (χ2n) is 5.33. The molecule has 0 aromatic heterocycles. The lowest BCUT2D eigenvalue weighted by Gasteiger charge is -2.24. The summed E-state index contributed by atoms with van der Waals surface area (Å²) in [6, 6.07) is 6.39. The molecule has 1 fully saturated rings. The molecule has 1 aliphatic carbocycles. The van der Waals surface area contributed by atoms with E-state index in [9.17, 15) is 4.79 Å². The van der Waals surface area contributed by atoms with Crippen LogP contribution in [-0.2, 0) is 10.3 Å². The fourth-order valence-electron chi connectivity index (χ4n) is 2.80. The van der Waals surface area contributed by atoms with Crippen molar-refractivity contribution in [2.75, 3.05) is 0 Å². The highest BCUT2D eigenvalue weighted by atomic mass is 79.9. The Morgan fingerprint density at radius 2 is 2.00 bits per heavy atom. The molecule has 1 saturated carbocycles. The van der Waals surface area contributed by atoms with Crippen LogP contribution in [0.4, 0.5) is 0 Å². The topological polar surface area (TPSA) is 29.4 Å². The molecule has 2 rings (SSSR count). The van der Waals surface area contributed by atoms with Crippen LogP contribution >= 0.6 is 15.9 Å². The van der Waals surface area contributed by atoms with Gasteiger partial charge in [-0.25, -0.2) is 4.79 Å². The van der Waals surface area contributed by atoms with Gasteiger partial charge in [-0.1, -0.05) is 54.8 Å². The zero-order valence-electron chi connectivity index (χ0n) is 10.9. The predicted molar refractivity (Wildman–Crippen MR) is 76.5 cm³/mol. The van der Waals surface area contributed by atoms with Crippen LogP contribution in [0.5, 0.6) is 0 Å². The third-order valence-electron chi connectivity index (χ3n) is 3.85. The monoisotopic (exact) mass is 307 g/mol. The highest BCUT2D eigenvalue weighted by molar-refractivity contribution is 9.10. The summed E-state index contributed by atoms with van der Waals surface area (Å²) in [4.78, 5) is 14.8. The number of aliphatic imine (C=N–C) groups is 1. The van der Waals surface area contributed by atoms with E-state index in [1.54, 1.807) is 6.08 Å². The van der Waals surface area contributed by atoms with Crippen LogP contribution in [0.15, 0.2) is 27.7 Å². The average molecular weight is 308 g/mol. The summed E-state index contributed by atoms with van der Waals surface area (Å²) in [7, 11) is 0. The van der Waals surface area contributed by atoms with E-state index in [0.29, 0.717) is 5.92 Å². The van der Waals surface area contributed by atoms with Crippen LogP contribution in [0.3, 0.4) is 0 Å². The molecular formula is C15H18BrNO. The van der Waals surface area contributed by atoms with E-state index in [0.717, 1.165) is 35.7 Å². The first-order valence-electron chi connectivity index (χ1n) is 6.48. The molecule has 0 unspecified atom stereocenters. The Morgan fingerprint density at radius 1 is 1.33 bits per heavy atom. The standard InChI is InChI=1S/C15H18BrNO/c1-11(2)13-6-5-12(9-14(13)16)15(17-10-18)7-3-4-8-15/h5-6,9,11H,3-4,7-8H2,1-2H3. The highest BCUT2D eigenvalue weighted by Gasteiger charge is 2.35. The maximum absolute atomic E-state index is 10.7. The van der Waals surface area contributed by atoms with Crippen LogP contribution in [0.25, 0.3) is 0 Å². The fraction of sp³-hybridized carbons (Fsp3) is 0.533. The number of halogens is 1. The molecule has 3 heteroatoms. The van der Waals surface area contributed by atoms with Crippen LogP contribution in [0.2, 0.25) is 0 Å². The van der Waals surface area contributed by atoms with Crippen molar-refractivity contribution in [3.63, 3.8) is 0 Å². The summed E-state index contributed by atoms with van der Waals surface area (Å²) in [5.74, 6) is 0.488. The Hall–Kier alpha value is -0.920. The number of nitrogens with zero attached hydrogens (tertiary/aromatic N) is 1. The Balaban J connectivity index is 2.44. The minimum atomic E-state index is -0.320. The summed E-state index contributed by atoms with van der Waals surface area (Å²) in [6.07, 6.45) is 5.94. The molecule has 1 aliphatic rings. The van der Waals surface area contributed by atoms with Crippen LogP contribution < -0.4 is 0 Å². The molecule has 0 N–H and O–H groups in total. The highest BCUT2D eigenvalue weighted by Crippen LogP contribution is 2.43. The molecule has 0 heterocycles. The number of carbonyl (C=O) groups excluding carboxylic acids is 1. The first-order valence-corrected chi connectivity index (χ1v) is 7.27. The molecule has 1 aromatic carbocycles. The average Bonchev–Trinajstić information content (AvgIpc) is 2.78. The molecule has 0 bridgehead atoms. The molecule has 0 spiro atoms. The first kappa shape index (κ1) is 13.5. The molecule has 0 saturated heterocycles. The molecule has 96 valence electrons. The molecule has 0 radical (unpaired) electrons. The second-order valence-corrected chi connectivity index (χ2v) is 6.19. The van der Waals surface area contributed by atoms with E-state index < -0.39 is 0 Å². The maximum atomic E-state index is 10.7. The second kappa shape index (κ2) is 5.38. The lowest BCUT2D eigenvalue weighted by atomic mass is 9.87. The number of rotatable bonds is 3. The Bertz CT molecular complexity index is 483. The largest absolute Gasteiger partial charge is 0.235 e. The summed E-state index contributed by atoms with van der Waals surface area (Å²) < 4.78 is 1.11. The van der Waals surface area contributed by atoms with E-state index in [1.807, 2.05) is 0 Å². The molecule has 18 heavy (non-hydrogen) atoms. The van der Waals surface area contributed by atoms with Gasteiger partial charge >= 0.3 is 0 Å². The van der Waals surface area contributed by atoms with Gasteiger partial charge in [0.05, 0.1) is 5.54 Å².